The smallest absolute Gasteiger partial charge is 0.420 e. The number of carbonyl (C=O) groups excluding carboxylic acids is 2. The molecule has 1 aromatic carbocycles. The summed E-state index contributed by atoms with van der Waals surface area (Å²) in [6.45, 7) is 4.61. The highest BCUT2D eigenvalue weighted by Crippen LogP contribution is 2.41. The predicted octanol–water partition coefficient (Wildman–Crippen LogP) is 2.93. The Labute approximate surface area is 136 Å². The van der Waals surface area contributed by atoms with Gasteiger partial charge in [0.15, 0.2) is 5.75 Å². The Hall–Kier alpha value is -2.45. The van der Waals surface area contributed by atoms with Gasteiger partial charge in [-0.3, -0.25) is 4.79 Å². The van der Waals surface area contributed by atoms with E-state index in [0.717, 1.165) is 12.1 Å². The van der Waals surface area contributed by atoms with Crippen molar-refractivity contribution in [3.63, 3.8) is 0 Å². The zero-order valence-corrected chi connectivity index (χ0v) is 13.3. The summed E-state index contributed by atoms with van der Waals surface area (Å²) in [4.78, 5) is 23.8. The van der Waals surface area contributed by atoms with E-state index >= 15 is 0 Å². The van der Waals surface area contributed by atoms with E-state index in [0.29, 0.717) is 0 Å². The molecule has 24 heavy (non-hydrogen) atoms. The molecule has 0 bridgehead atoms. The molecule has 132 valence electrons. The number of halogens is 3. The summed E-state index contributed by atoms with van der Waals surface area (Å²) in [6.07, 6.45) is -6.88. The molecule has 0 unspecified atom stereocenters. The number of hydrogen-bond acceptors (Lipinski definition) is 4. The fraction of sp³-hybridized carbons (Fsp3) is 0.467. The third-order valence-corrected chi connectivity index (χ3v) is 2.98. The molecule has 1 atom stereocenters. The zero-order chi connectivity index (χ0) is 18.1. The SMILES string of the molecule is CC(C)(C)NC(=O)O[C@H]1COc2c(cccc2C(F)(F)F)NC1=O. The molecular formula is C15H17F3N2O4. The molecule has 0 saturated heterocycles. The second-order valence-corrected chi connectivity index (χ2v) is 6.25. The number of benzene rings is 1. The van der Waals surface area contributed by atoms with Gasteiger partial charge in [-0.05, 0) is 32.9 Å². The molecule has 0 saturated carbocycles. The Morgan fingerprint density at radius 1 is 1.33 bits per heavy atom. The van der Waals surface area contributed by atoms with E-state index in [4.69, 9.17) is 9.47 Å². The van der Waals surface area contributed by atoms with Crippen LogP contribution in [0.15, 0.2) is 18.2 Å². The second kappa shape index (κ2) is 6.21. The Morgan fingerprint density at radius 3 is 2.58 bits per heavy atom. The maximum absolute atomic E-state index is 13.0. The van der Waals surface area contributed by atoms with Crippen LogP contribution in [0.2, 0.25) is 0 Å². The predicted molar refractivity (Wildman–Crippen MR) is 78.7 cm³/mol. The van der Waals surface area contributed by atoms with Gasteiger partial charge in [0.1, 0.15) is 6.61 Å². The molecule has 2 N–H and O–H groups in total. The monoisotopic (exact) mass is 346 g/mol. The van der Waals surface area contributed by atoms with Crippen LogP contribution in [0.3, 0.4) is 0 Å². The number of hydrogen-bond donors (Lipinski definition) is 2. The quantitative estimate of drug-likeness (QED) is 0.820. The third-order valence-electron chi connectivity index (χ3n) is 2.98. The lowest BCUT2D eigenvalue weighted by Crippen LogP contribution is -2.45. The molecule has 1 aromatic rings. The molecule has 0 aliphatic carbocycles. The first-order valence-electron chi connectivity index (χ1n) is 7.10. The molecule has 0 fully saturated rings. The minimum atomic E-state index is -4.64. The van der Waals surface area contributed by atoms with Crippen molar-refractivity contribution >= 4 is 17.7 Å². The number of alkyl carbamates (subject to hydrolysis) is 1. The van der Waals surface area contributed by atoms with Crippen LogP contribution in [0.25, 0.3) is 0 Å². The molecular weight excluding hydrogens is 329 g/mol. The molecule has 9 heteroatoms. The number of carbonyl (C=O) groups is 2. The lowest BCUT2D eigenvalue weighted by atomic mass is 10.1. The van der Waals surface area contributed by atoms with Crippen molar-refractivity contribution in [2.75, 3.05) is 11.9 Å². The Morgan fingerprint density at radius 2 is 2.00 bits per heavy atom. The van der Waals surface area contributed by atoms with Gasteiger partial charge in [0.2, 0.25) is 6.10 Å². The van der Waals surface area contributed by atoms with E-state index in [9.17, 15) is 22.8 Å². The van der Waals surface area contributed by atoms with Gasteiger partial charge in [-0.1, -0.05) is 6.07 Å². The van der Waals surface area contributed by atoms with Crippen LogP contribution in [-0.4, -0.2) is 30.3 Å². The zero-order valence-electron chi connectivity index (χ0n) is 13.3. The standard InChI is InChI=1S/C15H17F3N2O4/c1-14(2,3)20-13(22)24-10-7-23-11-8(15(16,17)18)5-4-6-9(11)19-12(10)21/h4-6,10H,7H2,1-3H3,(H,19,21)(H,20,22)/t10-/m0/s1. The number of anilines is 1. The Bertz CT molecular complexity index is 653. The minimum Gasteiger partial charge on any atom is -0.486 e. The van der Waals surface area contributed by atoms with Crippen LogP contribution in [0.1, 0.15) is 26.3 Å². The van der Waals surface area contributed by atoms with Crippen LogP contribution < -0.4 is 15.4 Å². The van der Waals surface area contributed by atoms with Gasteiger partial charge in [0.05, 0.1) is 11.3 Å². The minimum absolute atomic E-state index is 0.128. The van der Waals surface area contributed by atoms with Crippen LogP contribution in [0.4, 0.5) is 23.7 Å². The highest BCUT2D eigenvalue weighted by Gasteiger charge is 2.38. The van der Waals surface area contributed by atoms with Crippen molar-refractivity contribution < 1.29 is 32.2 Å². The molecule has 0 radical (unpaired) electrons. The van der Waals surface area contributed by atoms with Crippen LogP contribution in [-0.2, 0) is 15.7 Å². The summed E-state index contributed by atoms with van der Waals surface area (Å²) in [5.74, 6) is -1.27. The summed E-state index contributed by atoms with van der Waals surface area (Å²) in [6, 6.07) is 3.28. The van der Waals surface area contributed by atoms with Crippen LogP contribution in [0.5, 0.6) is 5.75 Å². The number of nitrogens with one attached hydrogen (secondary N) is 2. The third kappa shape index (κ3) is 4.30. The number of fused-ring (bicyclic) bond motifs is 1. The fourth-order valence-corrected chi connectivity index (χ4v) is 2.01. The number of para-hydroxylation sites is 1. The average Bonchev–Trinajstić information content (AvgIpc) is 2.55. The van der Waals surface area contributed by atoms with Gasteiger partial charge >= 0.3 is 12.3 Å². The molecule has 0 aromatic heterocycles. The lowest BCUT2D eigenvalue weighted by molar-refractivity contribution is -0.139. The topological polar surface area (TPSA) is 76.7 Å². The fourth-order valence-electron chi connectivity index (χ4n) is 2.01. The summed E-state index contributed by atoms with van der Waals surface area (Å²) in [5, 5.41) is 4.77. The van der Waals surface area contributed by atoms with Gasteiger partial charge in [-0.2, -0.15) is 13.2 Å². The molecule has 1 heterocycles. The van der Waals surface area contributed by atoms with Gasteiger partial charge in [0, 0.05) is 5.54 Å². The van der Waals surface area contributed by atoms with Crippen molar-refractivity contribution in [3.8, 4) is 5.75 Å². The molecule has 6 nitrogen and oxygen atoms in total. The maximum atomic E-state index is 13.0. The molecule has 2 amide bonds. The first-order chi connectivity index (χ1) is 11.0. The highest BCUT2D eigenvalue weighted by molar-refractivity contribution is 5.97. The molecule has 1 aliphatic rings. The number of rotatable bonds is 1. The van der Waals surface area contributed by atoms with E-state index in [1.165, 1.54) is 6.07 Å². The van der Waals surface area contributed by atoms with Crippen molar-refractivity contribution in [1.29, 1.82) is 0 Å². The van der Waals surface area contributed by atoms with Crippen LogP contribution in [0, 0.1) is 0 Å². The van der Waals surface area contributed by atoms with Gasteiger partial charge in [-0.25, -0.2) is 4.79 Å². The van der Waals surface area contributed by atoms with Crippen LogP contribution >= 0.6 is 0 Å². The van der Waals surface area contributed by atoms with E-state index in [1.54, 1.807) is 20.8 Å². The van der Waals surface area contributed by atoms with Crippen molar-refractivity contribution in [2.45, 2.75) is 38.6 Å². The lowest BCUT2D eigenvalue weighted by Gasteiger charge is -2.22. The molecule has 1 aliphatic heterocycles. The van der Waals surface area contributed by atoms with Crippen molar-refractivity contribution in [3.05, 3.63) is 23.8 Å². The Kier molecular flexibility index (Phi) is 4.63. The average molecular weight is 346 g/mol. The summed E-state index contributed by atoms with van der Waals surface area (Å²) in [5.41, 5.74) is -1.73. The highest BCUT2D eigenvalue weighted by atomic mass is 19.4. The van der Waals surface area contributed by atoms with E-state index < -0.39 is 47.7 Å². The van der Waals surface area contributed by atoms with Crippen molar-refractivity contribution in [2.24, 2.45) is 0 Å². The molecule has 0 spiro atoms. The summed E-state index contributed by atoms with van der Waals surface area (Å²) in [7, 11) is 0. The van der Waals surface area contributed by atoms with Crippen molar-refractivity contribution in [1.82, 2.24) is 5.32 Å². The normalized spacial score (nSPS) is 17.9. The molecule has 2 rings (SSSR count). The second-order valence-electron chi connectivity index (χ2n) is 6.25. The van der Waals surface area contributed by atoms with Gasteiger partial charge in [-0.15, -0.1) is 0 Å². The Balaban J connectivity index is 2.18. The summed E-state index contributed by atoms with van der Waals surface area (Å²) >= 11 is 0. The number of ether oxygens (including phenoxy) is 2. The number of amides is 2. The van der Waals surface area contributed by atoms with E-state index in [1.807, 2.05) is 0 Å². The van der Waals surface area contributed by atoms with Gasteiger partial charge < -0.3 is 20.1 Å². The first-order valence-corrected chi connectivity index (χ1v) is 7.10. The largest absolute Gasteiger partial charge is 0.486 e. The van der Waals surface area contributed by atoms with E-state index in [-0.39, 0.29) is 5.69 Å². The van der Waals surface area contributed by atoms with Gasteiger partial charge in [0.25, 0.3) is 5.91 Å². The number of alkyl halides is 3. The summed E-state index contributed by atoms with van der Waals surface area (Å²) < 4.78 is 49.1. The maximum Gasteiger partial charge on any atom is 0.420 e. The first kappa shape index (κ1) is 17.9. The van der Waals surface area contributed by atoms with E-state index in [2.05, 4.69) is 10.6 Å².